The molecule has 0 aromatic heterocycles. The van der Waals surface area contributed by atoms with Crippen LogP contribution in [0.15, 0.2) is 30.3 Å². The average molecular weight is 223 g/mol. The molecule has 0 saturated carbocycles. The van der Waals surface area contributed by atoms with E-state index in [1.54, 1.807) is 7.11 Å². The topological polar surface area (TPSA) is 41.5 Å². The summed E-state index contributed by atoms with van der Waals surface area (Å²) in [7, 11) is 1.68. The van der Waals surface area contributed by atoms with E-state index in [4.69, 9.17) is 4.74 Å². The van der Waals surface area contributed by atoms with Gasteiger partial charge in [-0.1, -0.05) is 37.3 Å². The fourth-order valence-corrected chi connectivity index (χ4v) is 1.93. The van der Waals surface area contributed by atoms with Crippen molar-refractivity contribution in [2.24, 2.45) is 0 Å². The Kier molecular flexibility index (Phi) is 5.46. The molecule has 0 aliphatic rings. The third-order valence-electron chi connectivity index (χ3n) is 2.84. The van der Waals surface area contributed by atoms with E-state index in [1.165, 1.54) is 0 Å². The van der Waals surface area contributed by atoms with Gasteiger partial charge in [0, 0.05) is 13.7 Å². The fraction of sp³-hybridized carbons (Fsp3) is 0.538. The smallest absolute Gasteiger partial charge is 0.0691 e. The second-order valence-corrected chi connectivity index (χ2v) is 3.88. The number of methoxy groups -OCH3 is 1. The van der Waals surface area contributed by atoms with Gasteiger partial charge in [0.2, 0.25) is 0 Å². The van der Waals surface area contributed by atoms with Crippen molar-refractivity contribution in [1.82, 2.24) is 5.32 Å². The van der Waals surface area contributed by atoms with E-state index in [-0.39, 0.29) is 12.1 Å². The van der Waals surface area contributed by atoms with Crippen LogP contribution in [-0.2, 0) is 10.3 Å². The average Bonchev–Trinajstić information content (AvgIpc) is 2.36. The maximum absolute atomic E-state index is 9.67. The Labute approximate surface area is 97.4 Å². The molecule has 0 radical (unpaired) electrons. The van der Waals surface area contributed by atoms with Crippen molar-refractivity contribution in [1.29, 1.82) is 0 Å². The summed E-state index contributed by atoms with van der Waals surface area (Å²) in [6.45, 7) is 3.57. The molecule has 0 saturated heterocycles. The Balaban J connectivity index is 2.92. The third kappa shape index (κ3) is 3.04. The summed E-state index contributed by atoms with van der Waals surface area (Å²) in [6, 6.07) is 10.0. The van der Waals surface area contributed by atoms with Crippen LogP contribution >= 0.6 is 0 Å². The molecule has 16 heavy (non-hydrogen) atoms. The molecule has 1 unspecified atom stereocenters. The van der Waals surface area contributed by atoms with Crippen molar-refractivity contribution in [3.63, 3.8) is 0 Å². The lowest BCUT2D eigenvalue weighted by Gasteiger charge is -2.33. The Morgan fingerprint density at radius 3 is 2.50 bits per heavy atom. The summed E-state index contributed by atoms with van der Waals surface area (Å²) in [5.74, 6) is 0. The summed E-state index contributed by atoms with van der Waals surface area (Å²) in [5, 5.41) is 13.0. The van der Waals surface area contributed by atoms with Gasteiger partial charge in [-0.3, -0.25) is 0 Å². The minimum atomic E-state index is -0.383. The van der Waals surface area contributed by atoms with E-state index in [0.717, 1.165) is 18.5 Å². The van der Waals surface area contributed by atoms with Crippen LogP contribution in [0.2, 0.25) is 0 Å². The zero-order chi connectivity index (χ0) is 11.9. The van der Waals surface area contributed by atoms with Gasteiger partial charge in [-0.25, -0.2) is 0 Å². The van der Waals surface area contributed by atoms with Crippen LogP contribution in [0.1, 0.15) is 18.9 Å². The lowest BCUT2D eigenvalue weighted by molar-refractivity contribution is 0.106. The molecule has 0 fully saturated rings. The van der Waals surface area contributed by atoms with Crippen molar-refractivity contribution in [3.8, 4) is 0 Å². The van der Waals surface area contributed by atoms with Crippen LogP contribution in [0.3, 0.4) is 0 Å². The molecule has 90 valence electrons. The van der Waals surface area contributed by atoms with Gasteiger partial charge in [0.25, 0.3) is 0 Å². The van der Waals surface area contributed by atoms with Crippen LogP contribution < -0.4 is 5.32 Å². The fourth-order valence-electron chi connectivity index (χ4n) is 1.93. The SMILES string of the molecule is CCNC(CO)(CCOC)c1ccccc1. The van der Waals surface area contributed by atoms with Crippen LogP contribution in [0.5, 0.6) is 0 Å². The first-order valence-corrected chi connectivity index (χ1v) is 5.69. The van der Waals surface area contributed by atoms with Crippen LogP contribution in [0, 0.1) is 0 Å². The standard InChI is InChI=1S/C13H21NO2/c1-3-14-13(11-15,9-10-16-2)12-7-5-4-6-8-12/h4-8,14-15H,3,9-11H2,1-2H3. The molecule has 0 aliphatic heterocycles. The second-order valence-electron chi connectivity index (χ2n) is 3.88. The largest absolute Gasteiger partial charge is 0.394 e. The first-order chi connectivity index (χ1) is 7.79. The summed E-state index contributed by atoms with van der Waals surface area (Å²) >= 11 is 0. The normalized spacial score (nSPS) is 14.7. The van der Waals surface area contributed by atoms with Crippen molar-refractivity contribution in [3.05, 3.63) is 35.9 Å². The minimum Gasteiger partial charge on any atom is -0.394 e. The predicted octanol–water partition coefficient (Wildman–Crippen LogP) is 1.52. The molecule has 0 amide bonds. The highest BCUT2D eigenvalue weighted by Gasteiger charge is 2.29. The second kappa shape index (κ2) is 6.63. The molecule has 2 N–H and O–H groups in total. The van der Waals surface area contributed by atoms with Crippen LogP contribution in [0.4, 0.5) is 0 Å². The van der Waals surface area contributed by atoms with Crippen molar-refractivity contribution < 1.29 is 9.84 Å². The highest BCUT2D eigenvalue weighted by atomic mass is 16.5. The monoisotopic (exact) mass is 223 g/mol. The molecule has 0 spiro atoms. The van der Waals surface area contributed by atoms with Gasteiger partial charge >= 0.3 is 0 Å². The molecular formula is C13H21NO2. The predicted molar refractivity (Wildman–Crippen MR) is 65.4 cm³/mol. The molecule has 0 heterocycles. The number of likely N-dealkylation sites (N-methyl/N-ethyl adjacent to an activating group) is 1. The zero-order valence-electron chi connectivity index (χ0n) is 10.1. The minimum absolute atomic E-state index is 0.0776. The Bertz CT molecular complexity index is 289. The van der Waals surface area contributed by atoms with Crippen molar-refractivity contribution >= 4 is 0 Å². The molecule has 1 rings (SSSR count). The number of hydrogen-bond acceptors (Lipinski definition) is 3. The van der Waals surface area contributed by atoms with Gasteiger partial charge in [-0.2, -0.15) is 0 Å². The van der Waals surface area contributed by atoms with Gasteiger partial charge in [-0.05, 0) is 18.5 Å². The highest BCUT2D eigenvalue weighted by molar-refractivity contribution is 5.24. The summed E-state index contributed by atoms with van der Waals surface area (Å²) < 4.78 is 5.12. The molecule has 1 aromatic carbocycles. The lowest BCUT2D eigenvalue weighted by Crippen LogP contribution is -2.46. The lowest BCUT2D eigenvalue weighted by atomic mass is 9.87. The number of rotatable bonds is 7. The summed E-state index contributed by atoms with van der Waals surface area (Å²) in [5.41, 5.74) is 0.725. The molecule has 0 aliphatic carbocycles. The Morgan fingerprint density at radius 2 is 2.00 bits per heavy atom. The molecule has 1 aromatic rings. The third-order valence-corrected chi connectivity index (χ3v) is 2.84. The first kappa shape index (κ1) is 13.2. The number of hydrogen-bond donors (Lipinski definition) is 2. The number of ether oxygens (including phenoxy) is 1. The number of benzene rings is 1. The molecule has 1 atom stereocenters. The van der Waals surface area contributed by atoms with Crippen LogP contribution in [0.25, 0.3) is 0 Å². The summed E-state index contributed by atoms with van der Waals surface area (Å²) in [6.07, 6.45) is 0.762. The zero-order valence-corrected chi connectivity index (χ0v) is 10.1. The van der Waals surface area contributed by atoms with Gasteiger partial charge < -0.3 is 15.2 Å². The molecular weight excluding hydrogens is 202 g/mol. The number of aliphatic hydroxyl groups is 1. The van der Waals surface area contributed by atoms with E-state index >= 15 is 0 Å². The van der Waals surface area contributed by atoms with E-state index in [2.05, 4.69) is 5.32 Å². The molecule has 3 heteroatoms. The van der Waals surface area contributed by atoms with Gasteiger partial charge in [0.1, 0.15) is 0 Å². The van der Waals surface area contributed by atoms with E-state index < -0.39 is 0 Å². The van der Waals surface area contributed by atoms with Gasteiger partial charge in [0.05, 0.1) is 12.1 Å². The molecule has 3 nitrogen and oxygen atoms in total. The first-order valence-electron chi connectivity index (χ1n) is 5.69. The van der Waals surface area contributed by atoms with Crippen molar-refractivity contribution in [2.75, 3.05) is 26.9 Å². The summed E-state index contributed by atoms with van der Waals surface area (Å²) in [4.78, 5) is 0. The van der Waals surface area contributed by atoms with E-state index in [1.807, 2.05) is 37.3 Å². The van der Waals surface area contributed by atoms with Crippen LogP contribution in [-0.4, -0.2) is 32.0 Å². The van der Waals surface area contributed by atoms with Crippen molar-refractivity contribution in [2.45, 2.75) is 18.9 Å². The van der Waals surface area contributed by atoms with E-state index in [9.17, 15) is 5.11 Å². The Morgan fingerprint density at radius 1 is 1.31 bits per heavy atom. The highest BCUT2D eigenvalue weighted by Crippen LogP contribution is 2.24. The maximum Gasteiger partial charge on any atom is 0.0691 e. The molecule has 0 bridgehead atoms. The number of aliphatic hydroxyl groups excluding tert-OH is 1. The number of nitrogens with one attached hydrogen (secondary N) is 1. The van der Waals surface area contributed by atoms with E-state index in [0.29, 0.717) is 6.61 Å². The Hall–Kier alpha value is -0.900. The maximum atomic E-state index is 9.67. The van der Waals surface area contributed by atoms with Gasteiger partial charge in [-0.15, -0.1) is 0 Å². The quantitative estimate of drug-likeness (QED) is 0.736. The van der Waals surface area contributed by atoms with Gasteiger partial charge in [0.15, 0.2) is 0 Å².